The number of hydrogen-bond donors (Lipinski definition) is 0. The Bertz CT molecular complexity index is 635. The van der Waals surface area contributed by atoms with Crippen molar-refractivity contribution in [3.8, 4) is 0 Å². The summed E-state index contributed by atoms with van der Waals surface area (Å²) in [4.78, 5) is 2.73. The summed E-state index contributed by atoms with van der Waals surface area (Å²) in [5, 5.41) is 0. The van der Waals surface area contributed by atoms with Crippen LogP contribution in [0.3, 0.4) is 0 Å². The summed E-state index contributed by atoms with van der Waals surface area (Å²) >= 11 is 0. The third-order valence-electron chi connectivity index (χ3n) is 6.20. The van der Waals surface area contributed by atoms with Gasteiger partial charge >= 0.3 is 0 Å². The van der Waals surface area contributed by atoms with Gasteiger partial charge in [-0.15, -0.1) is 0 Å². The van der Waals surface area contributed by atoms with Gasteiger partial charge in [0.25, 0.3) is 0 Å². The first-order valence-electron chi connectivity index (χ1n) is 10.8. The Hall–Kier alpha value is -0.160. The molecule has 0 saturated heterocycles. The number of rotatable bonds is 7. The van der Waals surface area contributed by atoms with Crippen LogP contribution in [-0.2, 0) is 0 Å². The summed E-state index contributed by atoms with van der Waals surface area (Å²) in [6.07, 6.45) is 14.0. The second-order valence-electron chi connectivity index (χ2n) is 8.11. The molecule has 28 heavy (non-hydrogen) atoms. The molecule has 150 valence electrons. The lowest BCUT2D eigenvalue weighted by Crippen LogP contribution is -2.03. The van der Waals surface area contributed by atoms with Crippen molar-refractivity contribution in [2.24, 2.45) is 0 Å². The van der Waals surface area contributed by atoms with Crippen LogP contribution in [-0.4, -0.2) is 0 Å². The molecule has 0 spiro atoms. The maximum Gasteiger partial charge on any atom is 0.0191 e. The fraction of sp³-hybridized carbons (Fsp3) is 0.500. The van der Waals surface area contributed by atoms with E-state index in [-0.39, 0.29) is 0 Å². The van der Waals surface area contributed by atoms with Gasteiger partial charge in [0, 0.05) is 9.79 Å². The van der Waals surface area contributed by atoms with Gasteiger partial charge in [0.1, 0.15) is 0 Å². The van der Waals surface area contributed by atoms with Gasteiger partial charge in [-0.25, -0.2) is 0 Å². The van der Waals surface area contributed by atoms with Crippen molar-refractivity contribution in [1.29, 1.82) is 0 Å². The molecule has 2 fully saturated rings. The minimum absolute atomic E-state index is 0.807. The summed E-state index contributed by atoms with van der Waals surface area (Å²) < 4.78 is 0. The Labute approximate surface area is 186 Å². The topological polar surface area (TPSA) is 0 Å². The normalized spacial score (nSPS) is 19.0. The van der Waals surface area contributed by atoms with Gasteiger partial charge < -0.3 is 0 Å². The highest BCUT2D eigenvalue weighted by Gasteiger charge is 2.16. The smallest absolute Gasteiger partial charge is 0.0191 e. The molecule has 0 unspecified atom stereocenters. The van der Waals surface area contributed by atoms with Gasteiger partial charge in [-0.1, -0.05) is 62.8 Å². The van der Waals surface area contributed by atoms with Crippen LogP contribution >= 0.6 is 41.2 Å². The lowest BCUT2D eigenvalue weighted by Gasteiger charge is -2.22. The molecule has 0 aliphatic heterocycles. The maximum atomic E-state index is 2.36. The quantitative estimate of drug-likeness (QED) is 0.306. The maximum absolute atomic E-state index is 2.36. The van der Waals surface area contributed by atoms with Crippen LogP contribution in [0.5, 0.6) is 0 Å². The lowest BCUT2D eigenvalue weighted by molar-refractivity contribution is 0.443. The molecule has 2 aliphatic rings. The van der Waals surface area contributed by atoms with Crippen LogP contribution < -0.4 is 0 Å². The first-order chi connectivity index (χ1) is 13.9. The van der Waals surface area contributed by atoms with E-state index in [1.807, 2.05) is 41.2 Å². The first-order valence-corrected chi connectivity index (χ1v) is 15.6. The molecule has 2 aromatic carbocycles. The zero-order valence-electron chi connectivity index (χ0n) is 16.5. The third-order valence-corrected chi connectivity index (χ3v) is 12.3. The second kappa shape index (κ2) is 11.3. The number of hydrogen-bond acceptors (Lipinski definition) is 4. The van der Waals surface area contributed by atoms with Crippen molar-refractivity contribution in [2.45, 2.75) is 85.8 Å². The molecule has 2 aliphatic carbocycles. The lowest BCUT2D eigenvalue weighted by atomic mass is 9.84. The molecule has 2 aromatic rings. The zero-order chi connectivity index (χ0) is 19.0. The van der Waals surface area contributed by atoms with E-state index in [1.54, 1.807) is 11.1 Å². The van der Waals surface area contributed by atoms with Gasteiger partial charge in [0.05, 0.1) is 0 Å². The average Bonchev–Trinajstić information content (AvgIpc) is 2.79. The van der Waals surface area contributed by atoms with Crippen LogP contribution in [0.25, 0.3) is 0 Å². The zero-order valence-corrected chi connectivity index (χ0v) is 19.7. The minimum atomic E-state index is 0.807. The fourth-order valence-electron chi connectivity index (χ4n) is 4.57. The van der Waals surface area contributed by atoms with Crippen molar-refractivity contribution >= 4 is 41.2 Å². The predicted octanol–water partition coefficient (Wildman–Crippen LogP) is 9.88. The molecule has 0 aromatic heterocycles. The highest BCUT2D eigenvalue weighted by molar-refractivity contribution is 9.26. The molecule has 0 atom stereocenters. The standard InChI is InChI=1S/C24H30S4/c1-3-7-19(8-4-1)21-11-15-23(16-12-21)25-27-28-26-24-17-13-22(14-18-24)20-9-5-2-6-10-20/h11-20H,1-10H2. The molecule has 2 saturated carbocycles. The molecular weight excluding hydrogens is 417 g/mol. The van der Waals surface area contributed by atoms with Crippen LogP contribution in [0.4, 0.5) is 0 Å². The monoisotopic (exact) mass is 446 g/mol. The van der Waals surface area contributed by atoms with Crippen molar-refractivity contribution in [3.63, 3.8) is 0 Å². The average molecular weight is 447 g/mol. The van der Waals surface area contributed by atoms with Crippen LogP contribution in [0.1, 0.15) is 87.2 Å². The van der Waals surface area contributed by atoms with Gasteiger partial charge in [0.15, 0.2) is 0 Å². The molecule has 0 radical (unpaired) electrons. The highest BCUT2D eigenvalue weighted by atomic mass is 33.7. The van der Waals surface area contributed by atoms with Crippen molar-refractivity contribution in [1.82, 2.24) is 0 Å². The first kappa shape index (κ1) is 21.1. The van der Waals surface area contributed by atoms with Gasteiger partial charge in [-0.2, -0.15) is 0 Å². The van der Waals surface area contributed by atoms with E-state index >= 15 is 0 Å². The van der Waals surface area contributed by atoms with E-state index in [2.05, 4.69) is 48.5 Å². The second-order valence-corrected chi connectivity index (χ2v) is 13.9. The summed E-state index contributed by atoms with van der Waals surface area (Å²) in [7, 11) is 7.50. The number of benzene rings is 2. The molecule has 4 heteroatoms. The third kappa shape index (κ3) is 6.17. The minimum Gasteiger partial charge on any atom is -0.0576 e. The Morgan fingerprint density at radius 2 is 0.821 bits per heavy atom. The summed E-state index contributed by atoms with van der Waals surface area (Å²) in [6, 6.07) is 18.7. The van der Waals surface area contributed by atoms with Crippen molar-refractivity contribution in [2.75, 3.05) is 0 Å². The van der Waals surface area contributed by atoms with Crippen molar-refractivity contribution in [3.05, 3.63) is 59.7 Å². The van der Waals surface area contributed by atoms with Crippen molar-refractivity contribution < 1.29 is 0 Å². The molecular formula is C24H30S4. The van der Waals surface area contributed by atoms with Gasteiger partial charge in [-0.3, -0.25) is 0 Å². The van der Waals surface area contributed by atoms with Gasteiger partial charge in [0.2, 0.25) is 0 Å². The van der Waals surface area contributed by atoms with E-state index in [0.717, 1.165) is 11.8 Å². The summed E-state index contributed by atoms with van der Waals surface area (Å²) in [5.41, 5.74) is 3.10. The molecule has 0 N–H and O–H groups in total. The van der Waals surface area contributed by atoms with E-state index in [9.17, 15) is 0 Å². The largest absolute Gasteiger partial charge is 0.0576 e. The van der Waals surface area contributed by atoms with Crippen LogP contribution in [0.2, 0.25) is 0 Å². The molecule has 0 heterocycles. The molecule has 4 rings (SSSR count). The SMILES string of the molecule is c1cc(C2CCCCC2)ccc1SSSSc1ccc(C2CCCCC2)cc1. The van der Waals surface area contributed by atoms with Crippen LogP contribution in [0, 0.1) is 0 Å². The summed E-state index contributed by atoms with van der Waals surface area (Å²) in [6.45, 7) is 0. The Balaban J connectivity index is 1.19. The van der Waals surface area contributed by atoms with E-state index in [0.29, 0.717) is 0 Å². The van der Waals surface area contributed by atoms with E-state index in [1.165, 1.54) is 74.0 Å². The van der Waals surface area contributed by atoms with E-state index in [4.69, 9.17) is 0 Å². The Kier molecular flexibility index (Phi) is 8.50. The predicted molar refractivity (Wildman–Crippen MR) is 131 cm³/mol. The van der Waals surface area contributed by atoms with E-state index < -0.39 is 0 Å². The molecule has 0 amide bonds. The fourth-order valence-corrected chi connectivity index (χ4v) is 10.00. The van der Waals surface area contributed by atoms with Gasteiger partial charge in [-0.05, 0) is 114 Å². The Morgan fingerprint density at radius 3 is 1.18 bits per heavy atom. The molecule has 0 bridgehead atoms. The highest BCUT2D eigenvalue weighted by Crippen LogP contribution is 2.49. The molecule has 0 nitrogen and oxygen atoms in total. The Morgan fingerprint density at radius 1 is 0.464 bits per heavy atom. The van der Waals surface area contributed by atoms with Crippen LogP contribution in [0.15, 0.2) is 58.3 Å². The summed E-state index contributed by atoms with van der Waals surface area (Å²) in [5.74, 6) is 1.61.